The minimum atomic E-state index is 0.296. The van der Waals surface area contributed by atoms with E-state index in [1.54, 1.807) is 0 Å². The molecule has 1 aliphatic heterocycles. The van der Waals surface area contributed by atoms with Crippen LogP contribution in [-0.2, 0) is 0 Å². The lowest BCUT2D eigenvalue weighted by molar-refractivity contribution is 0.281. The minimum absolute atomic E-state index is 0.296. The predicted octanol–water partition coefficient (Wildman–Crippen LogP) is 4.34. The number of unbranched alkanes of at least 4 members (excludes halogenated alkanes) is 1. The molecule has 1 aliphatic rings. The van der Waals surface area contributed by atoms with E-state index in [1.165, 1.54) is 29.7 Å². The molecular weight excluding hydrogens is 332 g/mol. The summed E-state index contributed by atoms with van der Waals surface area (Å²) in [6.45, 7) is 3.48. The third-order valence-corrected chi connectivity index (χ3v) is 5.15. The summed E-state index contributed by atoms with van der Waals surface area (Å²) >= 11 is 5.99. The van der Waals surface area contributed by atoms with Gasteiger partial charge in [-0.1, -0.05) is 35.9 Å². The van der Waals surface area contributed by atoms with Crippen LogP contribution in [-0.4, -0.2) is 37.4 Å². The number of aliphatic hydroxyl groups is 1. The van der Waals surface area contributed by atoms with Gasteiger partial charge in [0.15, 0.2) is 0 Å². The van der Waals surface area contributed by atoms with Crippen molar-refractivity contribution >= 4 is 17.3 Å². The van der Waals surface area contributed by atoms with Crippen LogP contribution >= 0.6 is 11.6 Å². The number of piperidine rings is 1. The first-order valence-electron chi connectivity index (χ1n) is 9.21. The molecule has 134 valence electrons. The molecule has 0 unspecified atom stereocenters. The molecule has 3 nitrogen and oxygen atoms in total. The third kappa shape index (κ3) is 5.21. The van der Waals surface area contributed by atoms with Crippen molar-refractivity contribution in [2.75, 3.05) is 31.1 Å². The molecular formula is C21H27ClN2O. The van der Waals surface area contributed by atoms with Gasteiger partial charge in [-0.3, -0.25) is 0 Å². The summed E-state index contributed by atoms with van der Waals surface area (Å²) in [5, 5.41) is 13.2. The van der Waals surface area contributed by atoms with Crippen LogP contribution < -0.4 is 10.2 Å². The number of nitrogens with zero attached hydrogens (tertiary/aromatic N) is 1. The Labute approximate surface area is 155 Å². The molecule has 0 radical (unpaired) electrons. The van der Waals surface area contributed by atoms with Gasteiger partial charge in [0.2, 0.25) is 0 Å². The first-order chi connectivity index (χ1) is 12.3. The van der Waals surface area contributed by atoms with E-state index < -0.39 is 0 Å². The highest BCUT2D eigenvalue weighted by Gasteiger charge is 2.19. The summed E-state index contributed by atoms with van der Waals surface area (Å²) in [6, 6.07) is 17.4. The fourth-order valence-electron chi connectivity index (χ4n) is 3.41. The Morgan fingerprint density at radius 3 is 2.48 bits per heavy atom. The molecule has 2 N–H and O–H groups in total. The zero-order valence-electron chi connectivity index (χ0n) is 14.6. The summed E-state index contributed by atoms with van der Waals surface area (Å²) in [5.74, 6) is 0. The molecule has 1 saturated heterocycles. The number of anilines is 1. The molecule has 0 spiro atoms. The maximum Gasteiger partial charge on any atom is 0.0431 e. The normalized spacial score (nSPS) is 15.5. The quantitative estimate of drug-likeness (QED) is 0.723. The minimum Gasteiger partial charge on any atom is -0.396 e. The summed E-state index contributed by atoms with van der Waals surface area (Å²) in [6.07, 6.45) is 4.29. The molecule has 25 heavy (non-hydrogen) atoms. The largest absolute Gasteiger partial charge is 0.396 e. The molecule has 0 amide bonds. The van der Waals surface area contributed by atoms with Crippen molar-refractivity contribution in [3.63, 3.8) is 0 Å². The molecule has 1 fully saturated rings. The highest BCUT2D eigenvalue weighted by molar-refractivity contribution is 6.30. The van der Waals surface area contributed by atoms with Crippen LogP contribution in [0.15, 0.2) is 48.5 Å². The second-order valence-corrected chi connectivity index (χ2v) is 7.14. The van der Waals surface area contributed by atoms with Crippen LogP contribution in [0.1, 0.15) is 25.7 Å². The predicted molar refractivity (Wildman–Crippen MR) is 106 cm³/mol. The molecule has 2 aromatic carbocycles. The van der Waals surface area contributed by atoms with Crippen LogP contribution in [0.2, 0.25) is 5.02 Å². The lowest BCUT2D eigenvalue weighted by atomic mass is 10.0. The Kier molecular flexibility index (Phi) is 6.74. The number of hydrogen-bond donors (Lipinski definition) is 2. The number of rotatable bonds is 7. The van der Waals surface area contributed by atoms with Crippen molar-refractivity contribution in [3.05, 3.63) is 53.6 Å². The van der Waals surface area contributed by atoms with Gasteiger partial charge < -0.3 is 15.3 Å². The Morgan fingerprint density at radius 2 is 1.76 bits per heavy atom. The lowest BCUT2D eigenvalue weighted by Crippen LogP contribution is -2.42. The van der Waals surface area contributed by atoms with Crippen molar-refractivity contribution in [2.45, 2.75) is 31.7 Å². The topological polar surface area (TPSA) is 35.5 Å². The van der Waals surface area contributed by atoms with Crippen LogP contribution in [0.3, 0.4) is 0 Å². The molecule has 2 aromatic rings. The van der Waals surface area contributed by atoms with Crippen molar-refractivity contribution in [1.82, 2.24) is 5.32 Å². The molecule has 0 bridgehead atoms. The van der Waals surface area contributed by atoms with Crippen LogP contribution in [0.4, 0.5) is 5.69 Å². The van der Waals surface area contributed by atoms with Crippen molar-refractivity contribution < 1.29 is 5.11 Å². The van der Waals surface area contributed by atoms with Gasteiger partial charge in [-0.05, 0) is 67.6 Å². The van der Waals surface area contributed by atoms with Crippen molar-refractivity contribution in [1.29, 1.82) is 0 Å². The van der Waals surface area contributed by atoms with E-state index in [2.05, 4.69) is 46.6 Å². The molecule has 4 heteroatoms. The lowest BCUT2D eigenvalue weighted by Gasteiger charge is -2.34. The number of aliphatic hydroxyl groups excluding tert-OH is 1. The van der Waals surface area contributed by atoms with Gasteiger partial charge in [-0.2, -0.15) is 0 Å². The van der Waals surface area contributed by atoms with Crippen LogP contribution in [0.5, 0.6) is 0 Å². The van der Waals surface area contributed by atoms with Gasteiger partial charge in [0.1, 0.15) is 0 Å². The first kappa shape index (κ1) is 18.2. The van der Waals surface area contributed by atoms with E-state index in [4.69, 9.17) is 16.7 Å². The Bertz CT molecular complexity index is 651. The van der Waals surface area contributed by atoms with Crippen molar-refractivity contribution in [2.24, 2.45) is 0 Å². The van der Waals surface area contributed by atoms with Gasteiger partial charge in [-0.15, -0.1) is 0 Å². The van der Waals surface area contributed by atoms with Gasteiger partial charge in [0, 0.05) is 36.4 Å². The van der Waals surface area contributed by atoms with Gasteiger partial charge in [0.25, 0.3) is 0 Å². The van der Waals surface area contributed by atoms with E-state index in [0.717, 1.165) is 37.5 Å². The molecule has 0 saturated carbocycles. The zero-order valence-corrected chi connectivity index (χ0v) is 15.4. The summed E-state index contributed by atoms with van der Waals surface area (Å²) in [5.41, 5.74) is 3.73. The smallest absolute Gasteiger partial charge is 0.0431 e. The molecule has 0 atom stereocenters. The molecule has 3 rings (SSSR count). The maximum atomic E-state index is 8.84. The van der Waals surface area contributed by atoms with E-state index in [-0.39, 0.29) is 0 Å². The first-order valence-corrected chi connectivity index (χ1v) is 9.59. The number of benzene rings is 2. The standard InChI is InChI=1S/C21H27ClN2O/c22-19-8-6-17(7-9-19)18-4-3-5-21(16-18)24-13-10-20(11-14-24)23-12-1-2-15-25/h3-9,16,20,23,25H,1-2,10-15H2. The van der Waals surface area contributed by atoms with Crippen LogP contribution in [0, 0.1) is 0 Å². The summed E-state index contributed by atoms with van der Waals surface area (Å²) in [7, 11) is 0. The Morgan fingerprint density at radius 1 is 1.00 bits per heavy atom. The number of halogens is 1. The fraction of sp³-hybridized carbons (Fsp3) is 0.429. The average molecular weight is 359 g/mol. The summed E-state index contributed by atoms with van der Waals surface area (Å²) < 4.78 is 0. The Hall–Kier alpha value is -1.55. The molecule has 1 heterocycles. The fourth-order valence-corrected chi connectivity index (χ4v) is 3.54. The molecule has 0 aliphatic carbocycles. The Balaban J connectivity index is 1.56. The number of hydrogen-bond acceptors (Lipinski definition) is 3. The third-order valence-electron chi connectivity index (χ3n) is 4.90. The van der Waals surface area contributed by atoms with Gasteiger partial charge in [0.05, 0.1) is 0 Å². The van der Waals surface area contributed by atoms with E-state index in [9.17, 15) is 0 Å². The van der Waals surface area contributed by atoms with E-state index >= 15 is 0 Å². The second-order valence-electron chi connectivity index (χ2n) is 6.70. The summed E-state index contributed by atoms with van der Waals surface area (Å²) in [4.78, 5) is 2.48. The van der Waals surface area contributed by atoms with Gasteiger partial charge in [-0.25, -0.2) is 0 Å². The zero-order chi connectivity index (χ0) is 17.5. The van der Waals surface area contributed by atoms with Crippen LogP contribution in [0.25, 0.3) is 11.1 Å². The number of nitrogens with one attached hydrogen (secondary N) is 1. The highest BCUT2D eigenvalue weighted by Crippen LogP contribution is 2.27. The maximum absolute atomic E-state index is 8.84. The SMILES string of the molecule is OCCCCNC1CCN(c2cccc(-c3ccc(Cl)cc3)c2)CC1. The average Bonchev–Trinajstić information content (AvgIpc) is 2.66. The highest BCUT2D eigenvalue weighted by atomic mass is 35.5. The van der Waals surface area contributed by atoms with E-state index in [0.29, 0.717) is 12.6 Å². The van der Waals surface area contributed by atoms with E-state index in [1.807, 2.05) is 12.1 Å². The second kappa shape index (κ2) is 9.23. The monoisotopic (exact) mass is 358 g/mol. The van der Waals surface area contributed by atoms with Crippen molar-refractivity contribution in [3.8, 4) is 11.1 Å². The molecule has 0 aromatic heterocycles. The van der Waals surface area contributed by atoms with Gasteiger partial charge >= 0.3 is 0 Å².